The predicted molar refractivity (Wildman–Crippen MR) is 100 cm³/mol. The molecule has 27 heavy (non-hydrogen) atoms. The number of amides is 1. The van der Waals surface area contributed by atoms with E-state index in [1.807, 2.05) is 6.07 Å². The van der Waals surface area contributed by atoms with Gasteiger partial charge in [-0.2, -0.15) is 5.26 Å². The molecule has 2 aromatic rings. The van der Waals surface area contributed by atoms with Crippen molar-refractivity contribution < 1.29 is 19.2 Å². The highest BCUT2D eigenvalue weighted by atomic mass is 35.5. The number of nitro benzene ring substituents is 1. The molecule has 140 valence electrons. The predicted octanol–water partition coefficient (Wildman–Crippen LogP) is 4.31. The summed E-state index contributed by atoms with van der Waals surface area (Å²) in [6.45, 7) is 4.93. The van der Waals surface area contributed by atoms with E-state index in [2.05, 4.69) is 5.32 Å². The molecule has 0 aliphatic carbocycles. The summed E-state index contributed by atoms with van der Waals surface area (Å²) in [5.41, 5.74) is -0.227. The van der Waals surface area contributed by atoms with Crippen LogP contribution in [0.3, 0.4) is 0 Å². The van der Waals surface area contributed by atoms with Gasteiger partial charge in [0, 0.05) is 11.1 Å². The first kappa shape index (κ1) is 20.4. The van der Waals surface area contributed by atoms with Gasteiger partial charge < -0.3 is 10.1 Å². The average molecular weight is 408 g/mol. The van der Waals surface area contributed by atoms with Gasteiger partial charge in [0.25, 0.3) is 11.6 Å². The van der Waals surface area contributed by atoms with Crippen LogP contribution in [0, 0.1) is 28.4 Å². The molecule has 1 aromatic carbocycles. The standard InChI is InChI=1S/C17H14ClN3O5S/c1-8(2)26-17(23)14-9(3)12(7-19)16(27-14)20-15(22)11-6-10(18)4-5-13(11)21(24)25/h4-6,8H,1-3H3,(H,20,22). The molecule has 10 heteroatoms. The van der Waals surface area contributed by atoms with Crippen molar-refractivity contribution in [2.24, 2.45) is 0 Å². The summed E-state index contributed by atoms with van der Waals surface area (Å²) in [5.74, 6) is -1.43. The molecular formula is C17H14ClN3O5S. The van der Waals surface area contributed by atoms with Gasteiger partial charge in [0.05, 0.1) is 16.6 Å². The van der Waals surface area contributed by atoms with Gasteiger partial charge in [-0.3, -0.25) is 14.9 Å². The number of carbonyl (C=O) groups is 2. The Morgan fingerprint density at radius 1 is 1.41 bits per heavy atom. The lowest BCUT2D eigenvalue weighted by molar-refractivity contribution is -0.385. The molecule has 0 spiro atoms. The molecule has 1 N–H and O–H groups in total. The van der Waals surface area contributed by atoms with Crippen LogP contribution in [0.1, 0.15) is 45.0 Å². The highest BCUT2D eigenvalue weighted by Gasteiger charge is 2.26. The van der Waals surface area contributed by atoms with E-state index in [4.69, 9.17) is 16.3 Å². The number of carbonyl (C=O) groups excluding carboxylic acids is 2. The zero-order valence-corrected chi connectivity index (χ0v) is 16.1. The fourth-order valence-corrected chi connectivity index (χ4v) is 3.43. The van der Waals surface area contributed by atoms with Crippen LogP contribution in [0.5, 0.6) is 0 Å². The molecule has 2 rings (SSSR count). The summed E-state index contributed by atoms with van der Waals surface area (Å²) in [5, 5.41) is 23.2. The number of hydrogen-bond donors (Lipinski definition) is 1. The summed E-state index contributed by atoms with van der Waals surface area (Å²) in [6, 6.07) is 5.50. The molecular weight excluding hydrogens is 394 g/mol. The molecule has 1 heterocycles. The number of benzene rings is 1. The number of nitrogens with one attached hydrogen (secondary N) is 1. The van der Waals surface area contributed by atoms with Crippen molar-refractivity contribution in [1.29, 1.82) is 5.26 Å². The van der Waals surface area contributed by atoms with Gasteiger partial charge in [0.1, 0.15) is 21.5 Å². The average Bonchev–Trinajstić information content (AvgIpc) is 2.89. The van der Waals surface area contributed by atoms with Crippen molar-refractivity contribution in [3.63, 3.8) is 0 Å². The summed E-state index contributed by atoms with van der Waals surface area (Å²) in [6.07, 6.45) is -0.350. The smallest absolute Gasteiger partial charge is 0.348 e. The Hall–Kier alpha value is -2.96. The molecule has 0 fully saturated rings. The van der Waals surface area contributed by atoms with Crippen LogP contribution < -0.4 is 5.32 Å². The van der Waals surface area contributed by atoms with E-state index in [1.54, 1.807) is 20.8 Å². The van der Waals surface area contributed by atoms with Crippen LogP contribution in [0.4, 0.5) is 10.7 Å². The maximum atomic E-state index is 12.5. The summed E-state index contributed by atoms with van der Waals surface area (Å²) >= 11 is 6.70. The quantitative estimate of drug-likeness (QED) is 0.447. The van der Waals surface area contributed by atoms with Crippen LogP contribution in [0.15, 0.2) is 18.2 Å². The van der Waals surface area contributed by atoms with E-state index in [-0.39, 0.29) is 32.1 Å². The Labute approximate surface area is 163 Å². The first-order chi connectivity index (χ1) is 12.6. The molecule has 0 aliphatic rings. The molecule has 0 saturated heterocycles. The normalized spacial score (nSPS) is 10.4. The van der Waals surface area contributed by atoms with Gasteiger partial charge in [-0.1, -0.05) is 11.6 Å². The Balaban J connectivity index is 2.42. The Bertz CT molecular complexity index is 978. The molecule has 0 aliphatic heterocycles. The van der Waals surface area contributed by atoms with Crippen molar-refractivity contribution in [2.45, 2.75) is 26.9 Å². The minimum Gasteiger partial charge on any atom is -0.459 e. The molecule has 0 unspecified atom stereocenters. The topological polar surface area (TPSA) is 122 Å². The monoisotopic (exact) mass is 407 g/mol. The highest BCUT2D eigenvalue weighted by molar-refractivity contribution is 7.18. The van der Waals surface area contributed by atoms with Crippen LogP contribution in [0.2, 0.25) is 5.02 Å². The molecule has 8 nitrogen and oxygen atoms in total. The van der Waals surface area contributed by atoms with Crippen molar-refractivity contribution in [3.8, 4) is 6.07 Å². The van der Waals surface area contributed by atoms with E-state index in [1.165, 1.54) is 6.07 Å². The third kappa shape index (κ3) is 4.42. The van der Waals surface area contributed by atoms with Gasteiger partial charge in [-0.15, -0.1) is 11.3 Å². The molecule has 1 amide bonds. The number of rotatable bonds is 5. The largest absolute Gasteiger partial charge is 0.459 e. The fraction of sp³-hybridized carbons (Fsp3) is 0.235. The van der Waals surface area contributed by atoms with Gasteiger partial charge in [-0.25, -0.2) is 4.79 Å². The van der Waals surface area contributed by atoms with Crippen molar-refractivity contribution in [1.82, 2.24) is 0 Å². The Morgan fingerprint density at radius 2 is 2.07 bits per heavy atom. The second-order valence-electron chi connectivity index (χ2n) is 5.70. The number of esters is 1. The zero-order chi connectivity index (χ0) is 20.3. The van der Waals surface area contributed by atoms with Crippen molar-refractivity contribution in [3.05, 3.63) is 54.9 Å². The number of halogens is 1. The van der Waals surface area contributed by atoms with Gasteiger partial charge >= 0.3 is 5.97 Å². The van der Waals surface area contributed by atoms with E-state index in [0.29, 0.717) is 5.56 Å². The van der Waals surface area contributed by atoms with E-state index < -0.39 is 22.5 Å². The minimum atomic E-state index is -0.814. The fourth-order valence-electron chi connectivity index (χ4n) is 2.22. The second-order valence-corrected chi connectivity index (χ2v) is 7.16. The Morgan fingerprint density at radius 3 is 2.63 bits per heavy atom. The van der Waals surface area contributed by atoms with Crippen molar-refractivity contribution in [2.75, 3.05) is 5.32 Å². The molecule has 0 atom stereocenters. The maximum Gasteiger partial charge on any atom is 0.348 e. The maximum absolute atomic E-state index is 12.5. The third-order valence-electron chi connectivity index (χ3n) is 3.41. The summed E-state index contributed by atoms with van der Waals surface area (Å²) < 4.78 is 5.13. The molecule has 1 aromatic heterocycles. The first-order valence-electron chi connectivity index (χ1n) is 7.65. The van der Waals surface area contributed by atoms with E-state index in [9.17, 15) is 25.0 Å². The number of anilines is 1. The van der Waals surface area contributed by atoms with E-state index >= 15 is 0 Å². The number of hydrogen-bond acceptors (Lipinski definition) is 7. The molecule has 0 bridgehead atoms. The van der Waals surface area contributed by atoms with Crippen LogP contribution in [-0.2, 0) is 4.74 Å². The summed E-state index contributed by atoms with van der Waals surface area (Å²) in [4.78, 5) is 35.3. The minimum absolute atomic E-state index is 0.0914. The highest BCUT2D eigenvalue weighted by Crippen LogP contribution is 2.34. The Kier molecular flexibility index (Phi) is 6.15. The lowest BCUT2D eigenvalue weighted by Crippen LogP contribution is -2.14. The second kappa shape index (κ2) is 8.16. The number of nitro groups is 1. The summed E-state index contributed by atoms with van der Waals surface area (Å²) in [7, 11) is 0. The van der Waals surface area contributed by atoms with Crippen molar-refractivity contribution >= 4 is 45.5 Å². The SMILES string of the molecule is Cc1c(C(=O)OC(C)C)sc(NC(=O)c2cc(Cl)ccc2[N+](=O)[O-])c1C#N. The van der Waals surface area contributed by atoms with Crippen LogP contribution in [0.25, 0.3) is 0 Å². The van der Waals surface area contributed by atoms with Gasteiger partial charge in [0.2, 0.25) is 0 Å². The van der Waals surface area contributed by atoms with Crippen LogP contribution >= 0.6 is 22.9 Å². The molecule has 0 saturated carbocycles. The van der Waals surface area contributed by atoms with Gasteiger partial charge in [0.15, 0.2) is 0 Å². The molecule has 0 radical (unpaired) electrons. The number of ether oxygens (including phenoxy) is 1. The number of thiophene rings is 1. The zero-order valence-electron chi connectivity index (χ0n) is 14.5. The number of nitriles is 1. The van der Waals surface area contributed by atoms with Crippen LogP contribution in [-0.4, -0.2) is 22.9 Å². The lowest BCUT2D eigenvalue weighted by Gasteiger charge is -2.06. The lowest BCUT2D eigenvalue weighted by atomic mass is 10.1. The van der Waals surface area contributed by atoms with E-state index in [0.717, 1.165) is 23.5 Å². The first-order valence-corrected chi connectivity index (χ1v) is 8.84. The third-order valence-corrected chi connectivity index (χ3v) is 4.84. The van der Waals surface area contributed by atoms with Gasteiger partial charge in [-0.05, 0) is 38.5 Å². The number of nitrogens with zero attached hydrogens (tertiary/aromatic N) is 2.